The van der Waals surface area contributed by atoms with E-state index in [1.165, 1.54) is 6.07 Å². The van der Waals surface area contributed by atoms with Gasteiger partial charge in [0.2, 0.25) is 15.9 Å². The fourth-order valence-corrected chi connectivity index (χ4v) is 6.17. The van der Waals surface area contributed by atoms with Crippen LogP contribution in [0.25, 0.3) is 0 Å². The molecule has 0 aromatic heterocycles. The molecule has 0 spiro atoms. The zero-order valence-corrected chi connectivity index (χ0v) is 18.4. The van der Waals surface area contributed by atoms with Crippen molar-refractivity contribution in [1.29, 1.82) is 0 Å². The first-order valence-corrected chi connectivity index (χ1v) is 12.5. The van der Waals surface area contributed by atoms with Crippen LogP contribution in [0.15, 0.2) is 29.2 Å². The Bertz CT molecular complexity index is 905. The van der Waals surface area contributed by atoms with Crippen LogP contribution in [0.1, 0.15) is 62.2 Å². The summed E-state index contributed by atoms with van der Waals surface area (Å²) in [5, 5.41) is 3.04. The average molecular weight is 434 g/mol. The first kappa shape index (κ1) is 21.3. The van der Waals surface area contributed by atoms with E-state index in [0.29, 0.717) is 44.1 Å². The van der Waals surface area contributed by atoms with E-state index in [9.17, 15) is 18.0 Å². The summed E-state index contributed by atoms with van der Waals surface area (Å²) in [6, 6.07) is 6.72. The molecule has 1 aliphatic carbocycles. The topological polar surface area (TPSA) is 86.8 Å². The van der Waals surface area contributed by atoms with Gasteiger partial charge >= 0.3 is 0 Å². The van der Waals surface area contributed by atoms with Gasteiger partial charge in [0.1, 0.15) is 0 Å². The summed E-state index contributed by atoms with van der Waals surface area (Å²) in [5.74, 6) is -0.102. The van der Waals surface area contributed by atoms with Gasteiger partial charge in [0.25, 0.3) is 5.91 Å². The SMILES string of the molecule is CC1CCCCN1S(=O)(=O)c1cccc(C(=O)N2CCC(C(=O)NC3CC3)CC2)c1. The molecular weight excluding hydrogens is 402 g/mol. The molecule has 2 saturated heterocycles. The summed E-state index contributed by atoms with van der Waals surface area (Å²) >= 11 is 0. The van der Waals surface area contributed by atoms with Crippen LogP contribution in [0.3, 0.4) is 0 Å². The van der Waals surface area contributed by atoms with Crippen molar-refractivity contribution in [2.24, 2.45) is 5.92 Å². The van der Waals surface area contributed by atoms with Gasteiger partial charge in [-0.25, -0.2) is 8.42 Å². The van der Waals surface area contributed by atoms with Crippen LogP contribution < -0.4 is 5.32 Å². The smallest absolute Gasteiger partial charge is 0.253 e. The highest BCUT2D eigenvalue weighted by molar-refractivity contribution is 7.89. The van der Waals surface area contributed by atoms with Gasteiger partial charge in [-0.05, 0) is 63.6 Å². The van der Waals surface area contributed by atoms with Crippen LogP contribution in [0.2, 0.25) is 0 Å². The molecule has 1 aromatic rings. The van der Waals surface area contributed by atoms with Gasteiger partial charge < -0.3 is 10.2 Å². The summed E-state index contributed by atoms with van der Waals surface area (Å²) in [7, 11) is -3.61. The normalized spacial score (nSPS) is 23.9. The minimum absolute atomic E-state index is 0.0241. The zero-order chi connectivity index (χ0) is 21.3. The molecular formula is C22H31N3O4S. The van der Waals surface area contributed by atoms with Gasteiger partial charge in [-0.15, -0.1) is 0 Å². The van der Waals surface area contributed by atoms with Crippen LogP contribution in [0, 0.1) is 5.92 Å². The number of piperidine rings is 2. The van der Waals surface area contributed by atoms with Crippen LogP contribution in [-0.4, -0.2) is 61.2 Å². The Morgan fingerprint density at radius 2 is 1.73 bits per heavy atom. The molecule has 1 atom stereocenters. The van der Waals surface area contributed by atoms with Crippen LogP contribution in [0.5, 0.6) is 0 Å². The number of carbonyl (C=O) groups is 2. The third-order valence-electron chi connectivity index (χ3n) is 6.51. The summed E-state index contributed by atoms with van der Waals surface area (Å²) in [6.07, 6.45) is 6.20. The Morgan fingerprint density at radius 1 is 1.00 bits per heavy atom. The van der Waals surface area contributed by atoms with Crippen LogP contribution in [-0.2, 0) is 14.8 Å². The lowest BCUT2D eigenvalue weighted by Gasteiger charge is -2.33. The fraction of sp³-hybridized carbons (Fsp3) is 0.636. The number of nitrogens with zero attached hydrogens (tertiary/aromatic N) is 2. The highest BCUT2D eigenvalue weighted by Crippen LogP contribution is 2.27. The van der Waals surface area contributed by atoms with E-state index in [4.69, 9.17) is 0 Å². The Labute approximate surface area is 178 Å². The molecule has 2 amide bonds. The van der Waals surface area contributed by atoms with Crippen molar-refractivity contribution in [2.45, 2.75) is 68.8 Å². The molecule has 1 saturated carbocycles. The summed E-state index contributed by atoms with van der Waals surface area (Å²) in [5.41, 5.74) is 0.390. The lowest BCUT2D eigenvalue weighted by atomic mass is 9.95. The number of nitrogens with one attached hydrogen (secondary N) is 1. The van der Waals surface area contributed by atoms with Crippen molar-refractivity contribution in [2.75, 3.05) is 19.6 Å². The van der Waals surface area contributed by atoms with Crippen molar-refractivity contribution in [3.05, 3.63) is 29.8 Å². The first-order valence-electron chi connectivity index (χ1n) is 11.1. The van der Waals surface area contributed by atoms with E-state index in [1.807, 2.05) is 6.92 Å². The average Bonchev–Trinajstić information content (AvgIpc) is 3.57. The second kappa shape index (κ2) is 8.67. The molecule has 2 aliphatic heterocycles. The second-order valence-electron chi connectivity index (χ2n) is 8.84. The molecule has 1 aromatic carbocycles. The molecule has 164 valence electrons. The number of hydrogen-bond donors (Lipinski definition) is 1. The number of amides is 2. The summed E-state index contributed by atoms with van der Waals surface area (Å²) in [6.45, 7) is 3.50. The maximum atomic E-state index is 13.1. The molecule has 0 radical (unpaired) electrons. The van der Waals surface area contributed by atoms with E-state index in [0.717, 1.165) is 32.1 Å². The van der Waals surface area contributed by atoms with Gasteiger partial charge in [0.05, 0.1) is 4.90 Å². The number of likely N-dealkylation sites (tertiary alicyclic amines) is 1. The zero-order valence-electron chi connectivity index (χ0n) is 17.5. The van der Waals surface area contributed by atoms with Gasteiger partial charge in [0, 0.05) is 43.2 Å². The second-order valence-corrected chi connectivity index (χ2v) is 10.7. The quantitative estimate of drug-likeness (QED) is 0.772. The van der Waals surface area contributed by atoms with Crippen LogP contribution in [0.4, 0.5) is 0 Å². The molecule has 7 nitrogen and oxygen atoms in total. The molecule has 1 unspecified atom stereocenters. The molecule has 1 N–H and O–H groups in total. The third-order valence-corrected chi connectivity index (χ3v) is 8.52. The summed E-state index contributed by atoms with van der Waals surface area (Å²) < 4.78 is 27.8. The van der Waals surface area contributed by atoms with Gasteiger partial charge in [0.15, 0.2) is 0 Å². The molecule has 8 heteroatoms. The number of hydrogen-bond acceptors (Lipinski definition) is 4. The largest absolute Gasteiger partial charge is 0.353 e. The van der Waals surface area contributed by atoms with E-state index in [1.54, 1.807) is 27.4 Å². The van der Waals surface area contributed by atoms with E-state index in [2.05, 4.69) is 5.32 Å². The molecule has 2 heterocycles. The number of benzene rings is 1. The number of carbonyl (C=O) groups excluding carboxylic acids is 2. The molecule has 0 bridgehead atoms. The van der Waals surface area contributed by atoms with E-state index < -0.39 is 10.0 Å². The molecule has 3 fully saturated rings. The maximum absolute atomic E-state index is 13.1. The van der Waals surface area contributed by atoms with Crippen molar-refractivity contribution in [3.8, 4) is 0 Å². The Hall–Kier alpha value is -1.93. The molecule has 4 rings (SSSR count). The highest BCUT2D eigenvalue weighted by Gasteiger charge is 2.33. The lowest BCUT2D eigenvalue weighted by Crippen LogP contribution is -2.43. The van der Waals surface area contributed by atoms with Crippen molar-refractivity contribution in [1.82, 2.24) is 14.5 Å². The predicted molar refractivity (Wildman–Crippen MR) is 113 cm³/mol. The highest BCUT2D eigenvalue weighted by atomic mass is 32.2. The maximum Gasteiger partial charge on any atom is 0.253 e. The number of sulfonamides is 1. The number of rotatable bonds is 5. The molecule has 30 heavy (non-hydrogen) atoms. The van der Waals surface area contributed by atoms with Gasteiger partial charge in [-0.1, -0.05) is 12.5 Å². The lowest BCUT2D eigenvalue weighted by molar-refractivity contribution is -0.126. The first-order chi connectivity index (χ1) is 14.4. The minimum atomic E-state index is -3.61. The Kier molecular flexibility index (Phi) is 6.16. The van der Waals surface area contributed by atoms with Crippen molar-refractivity contribution < 1.29 is 18.0 Å². The van der Waals surface area contributed by atoms with E-state index in [-0.39, 0.29) is 28.7 Å². The molecule has 3 aliphatic rings. The predicted octanol–water partition coefficient (Wildman–Crippen LogP) is 2.38. The van der Waals surface area contributed by atoms with Crippen molar-refractivity contribution in [3.63, 3.8) is 0 Å². The Balaban J connectivity index is 1.42. The minimum Gasteiger partial charge on any atom is -0.353 e. The summed E-state index contributed by atoms with van der Waals surface area (Å²) in [4.78, 5) is 27.2. The van der Waals surface area contributed by atoms with E-state index >= 15 is 0 Å². The van der Waals surface area contributed by atoms with Gasteiger partial charge in [-0.3, -0.25) is 9.59 Å². The Morgan fingerprint density at radius 3 is 2.40 bits per heavy atom. The van der Waals surface area contributed by atoms with Gasteiger partial charge in [-0.2, -0.15) is 4.31 Å². The standard InChI is InChI=1S/C22H31N3O4S/c1-16-5-2-3-12-25(16)30(28,29)20-7-4-6-18(15-20)22(27)24-13-10-17(11-14-24)21(26)23-19-8-9-19/h4,6-7,15-17,19H,2-3,5,8-14H2,1H3,(H,23,26). The monoisotopic (exact) mass is 433 g/mol. The third kappa shape index (κ3) is 4.54. The van der Waals surface area contributed by atoms with Crippen LogP contribution >= 0.6 is 0 Å². The fourth-order valence-electron chi connectivity index (χ4n) is 4.43. The van der Waals surface area contributed by atoms with Crippen molar-refractivity contribution >= 4 is 21.8 Å².